The molecule has 1 aromatic carbocycles. The lowest BCUT2D eigenvalue weighted by Crippen LogP contribution is -1.91. The van der Waals surface area contributed by atoms with Gasteiger partial charge in [-0.25, -0.2) is 0 Å². The van der Waals surface area contributed by atoms with E-state index in [0.717, 1.165) is 12.2 Å². The lowest BCUT2D eigenvalue weighted by atomic mass is 10.1. The molecule has 0 aliphatic carbocycles. The normalized spacial score (nSPS) is 9.83. The first-order chi connectivity index (χ1) is 5.86. The Kier molecular flexibility index (Phi) is 3.65. The SMILES string of the molecule is [CH2]COc1ccc(CCC)cc1. The zero-order chi connectivity index (χ0) is 8.81. The molecule has 1 nitrogen and oxygen atoms in total. The third-order valence-electron chi connectivity index (χ3n) is 1.73. The Morgan fingerprint density at radius 3 is 2.42 bits per heavy atom. The van der Waals surface area contributed by atoms with Crippen molar-refractivity contribution in [3.05, 3.63) is 36.8 Å². The molecular formula is C11H15O. The topological polar surface area (TPSA) is 9.23 Å². The number of hydrogen-bond donors (Lipinski definition) is 0. The Balaban J connectivity index is 2.58. The maximum absolute atomic E-state index is 5.23. The van der Waals surface area contributed by atoms with Crippen molar-refractivity contribution in [2.75, 3.05) is 6.61 Å². The molecule has 0 aliphatic heterocycles. The molecule has 0 unspecified atom stereocenters. The van der Waals surface area contributed by atoms with E-state index >= 15 is 0 Å². The molecule has 0 aliphatic rings. The number of benzene rings is 1. The minimum atomic E-state index is 0.493. The highest BCUT2D eigenvalue weighted by molar-refractivity contribution is 5.27. The van der Waals surface area contributed by atoms with Crippen LogP contribution in [-0.2, 0) is 6.42 Å². The van der Waals surface area contributed by atoms with Crippen LogP contribution in [-0.4, -0.2) is 6.61 Å². The molecule has 65 valence electrons. The quantitative estimate of drug-likeness (QED) is 0.663. The lowest BCUT2D eigenvalue weighted by molar-refractivity contribution is 0.361. The highest BCUT2D eigenvalue weighted by atomic mass is 16.5. The van der Waals surface area contributed by atoms with Gasteiger partial charge in [0.1, 0.15) is 5.75 Å². The summed E-state index contributed by atoms with van der Waals surface area (Å²) in [5, 5.41) is 0. The molecule has 0 atom stereocenters. The van der Waals surface area contributed by atoms with Gasteiger partial charge in [0.05, 0.1) is 6.61 Å². The van der Waals surface area contributed by atoms with Gasteiger partial charge in [0.2, 0.25) is 0 Å². The van der Waals surface area contributed by atoms with Crippen LogP contribution in [0.25, 0.3) is 0 Å². The summed E-state index contributed by atoms with van der Waals surface area (Å²) in [6.45, 7) is 6.29. The first-order valence-electron chi connectivity index (χ1n) is 4.37. The molecule has 0 N–H and O–H groups in total. The molecule has 0 amide bonds. The number of rotatable bonds is 4. The zero-order valence-electron chi connectivity index (χ0n) is 7.55. The van der Waals surface area contributed by atoms with Gasteiger partial charge in [-0.05, 0) is 31.0 Å². The zero-order valence-corrected chi connectivity index (χ0v) is 7.55. The van der Waals surface area contributed by atoms with E-state index in [9.17, 15) is 0 Å². The summed E-state index contributed by atoms with van der Waals surface area (Å²) in [7, 11) is 0. The summed E-state index contributed by atoms with van der Waals surface area (Å²) < 4.78 is 5.23. The Morgan fingerprint density at radius 2 is 1.92 bits per heavy atom. The fraction of sp³-hybridized carbons (Fsp3) is 0.364. The van der Waals surface area contributed by atoms with Crippen LogP contribution in [0.1, 0.15) is 18.9 Å². The van der Waals surface area contributed by atoms with Crippen molar-refractivity contribution in [2.24, 2.45) is 0 Å². The Hall–Kier alpha value is -0.980. The molecule has 12 heavy (non-hydrogen) atoms. The van der Waals surface area contributed by atoms with Gasteiger partial charge >= 0.3 is 0 Å². The molecule has 0 fully saturated rings. The fourth-order valence-electron chi connectivity index (χ4n) is 1.16. The van der Waals surface area contributed by atoms with Crippen LogP contribution in [0.2, 0.25) is 0 Å². The van der Waals surface area contributed by atoms with Crippen LogP contribution >= 0.6 is 0 Å². The Morgan fingerprint density at radius 1 is 1.25 bits per heavy atom. The molecule has 0 bridgehead atoms. The number of hydrogen-bond acceptors (Lipinski definition) is 1. The number of aryl methyl sites for hydroxylation is 1. The minimum Gasteiger partial charge on any atom is -0.494 e. The molecular weight excluding hydrogens is 148 g/mol. The van der Waals surface area contributed by atoms with Crippen molar-refractivity contribution in [1.29, 1.82) is 0 Å². The lowest BCUT2D eigenvalue weighted by Gasteiger charge is -2.03. The largest absolute Gasteiger partial charge is 0.494 e. The molecule has 0 heterocycles. The first kappa shape index (κ1) is 9.11. The van der Waals surface area contributed by atoms with Crippen LogP contribution in [0.3, 0.4) is 0 Å². The van der Waals surface area contributed by atoms with E-state index in [1.165, 1.54) is 12.0 Å². The van der Waals surface area contributed by atoms with Gasteiger partial charge in [0.15, 0.2) is 0 Å². The standard InChI is InChI=1S/C11H15O/c1-3-5-10-6-8-11(9-7-10)12-4-2/h6-9H,2-5H2,1H3. The Bertz CT molecular complexity index is 188. The Labute approximate surface area is 74.4 Å². The van der Waals surface area contributed by atoms with E-state index in [1.807, 2.05) is 12.1 Å². The van der Waals surface area contributed by atoms with Gasteiger partial charge in [-0.15, -0.1) is 0 Å². The van der Waals surface area contributed by atoms with E-state index in [1.54, 1.807) is 0 Å². The van der Waals surface area contributed by atoms with Gasteiger partial charge in [0, 0.05) is 0 Å². The summed E-state index contributed by atoms with van der Waals surface area (Å²) in [4.78, 5) is 0. The van der Waals surface area contributed by atoms with Crippen LogP contribution in [0.15, 0.2) is 24.3 Å². The smallest absolute Gasteiger partial charge is 0.119 e. The highest BCUT2D eigenvalue weighted by Crippen LogP contribution is 2.12. The van der Waals surface area contributed by atoms with Crippen molar-refractivity contribution < 1.29 is 4.74 Å². The number of ether oxygens (including phenoxy) is 1. The van der Waals surface area contributed by atoms with Crippen molar-refractivity contribution in [2.45, 2.75) is 19.8 Å². The van der Waals surface area contributed by atoms with Crippen LogP contribution < -0.4 is 4.74 Å². The average molecular weight is 163 g/mol. The fourth-order valence-corrected chi connectivity index (χ4v) is 1.16. The predicted molar refractivity (Wildman–Crippen MR) is 51.3 cm³/mol. The highest BCUT2D eigenvalue weighted by Gasteiger charge is 1.92. The van der Waals surface area contributed by atoms with E-state index in [4.69, 9.17) is 4.74 Å². The maximum Gasteiger partial charge on any atom is 0.119 e. The van der Waals surface area contributed by atoms with Crippen molar-refractivity contribution in [1.82, 2.24) is 0 Å². The predicted octanol–water partition coefficient (Wildman–Crippen LogP) is 2.85. The van der Waals surface area contributed by atoms with Gasteiger partial charge in [-0.3, -0.25) is 0 Å². The van der Waals surface area contributed by atoms with E-state index in [2.05, 4.69) is 26.0 Å². The summed E-state index contributed by atoms with van der Waals surface area (Å²) in [5.74, 6) is 0.907. The van der Waals surface area contributed by atoms with Crippen LogP contribution in [0, 0.1) is 6.92 Å². The van der Waals surface area contributed by atoms with Gasteiger partial charge < -0.3 is 4.74 Å². The van der Waals surface area contributed by atoms with Crippen molar-refractivity contribution in [3.8, 4) is 5.75 Å². The van der Waals surface area contributed by atoms with Crippen LogP contribution in [0.5, 0.6) is 5.75 Å². The van der Waals surface area contributed by atoms with Crippen LogP contribution in [0.4, 0.5) is 0 Å². The summed E-state index contributed by atoms with van der Waals surface area (Å²) in [6.07, 6.45) is 2.33. The van der Waals surface area contributed by atoms with E-state index < -0.39 is 0 Å². The summed E-state index contributed by atoms with van der Waals surface area (Å²) >= 11 is 0. The second-order valence-electron chi connectivity index (χ2n) is 2.74. The molecule has 1 rings (SSSR count). The van der Waals surface area contributed by atoms with Gasteiger partial charge in [-0.1, -0.05) is 25.5 Å². The molecule has 0 saturated carbocycles. The van der Waals surface area contributed by atoms with Crippen molar-refractivity contribution >= 4 is 0 Å². The maximum atomic E-state index is 5.23. The molecule has 1 heteroatoms. The summed E-state index contributed by atoms with van der Waals surface area (Å²) in [6, 6.07) is 8.20. The molecule has 1 aromatic rings. The molecule has 0 saturated heterocycles. The molecule has 0 spiro atoms. The molecule has 0 aromatic heterocycles. The minimum absolute atomic E-state index is 0.493. The van der Waals surface area contributed by atoms with Crippen molar-refractivity contribution in [3.63, 3.8) is 0 Å². The third kappa shape index (κ3) is 2.57. The van der Waals surface area contributed by atoms with Gasteiger partial charge in [-0.2, -0.15) is 0 Å². The third-order valence-corrected chi connectivity index (χ3v) is 1.73. The van der Waals surface area contributed by atoms with E-state index in [-0.39, 0.29) is 0 Å². The summed E-state index contributed by atoms with van der Waals surface area (Å²) in [5.41, 5.74) is 1.37. The molecule has 1 radical (unpaired) electrons. The van der Waals surface area contributed by atoms with E-state index in [0.29, 0.717) is 6.61 Å². The second kappa shape index (κ2) is 4.81. The monoisotopic (exact) mass is 163 g/mol. The second-order valence-corrected chi connectivity index (χ2v) is 2.74. The first-order valence-corrected chi connectivity index (χ1v) is 4.37. The van der Waals surface area contributed by atoms with Gasteiger partial charge in [0.25, 0.3) is 0 Å². The average Bonchev–Trinajstić information content (AvgIpc) is 2.09.